The van der Waals surface area contributed by atoms with Crippen molar-refractivity contribution < 1.29 is 13.2 Å². The van der Waals surface area contributed by atoms with Crippen molar-refractivity contribution in [3.63, 3.8) is 0 Å². The van der Waals surface area contributed by atoms with Crippen LogP contribution in [0, 0.1) is 0 Å². The quantitative estimate of drug-likeness (QED) is 0.871. The number of hydrogen-bond donors (Lipinski definition) is 2. The minimum Gasteiger partial charge on any atom is -0.351 e. The summed E-state index contributed by atoms with van der Waals surface area (Å²) in [5.74, 6) is -0.0898. The van der Waals surface area contributed by atoms with E-state index in [2.05, 4.69) is 5.32 Å². The zero-order chi connectivity index (χ0) is 13.9. The predicted molar refractivity (Wildman–Crippen MR) is 75.6 cm³/mol. The Labute approximate surface area is 119 Å². The van der Waals surface area contributed by atoms with Crippen molar-refractivity contribution in [3.05, 3.63) is 39.4 Å². The second-order valence-electron chi connectivity index (χ2n) is 3.80. The molecule has 0 atom stereocenters. The molecule has 5 nitrogen and oxygen atoms in total. The van der Waals surface area contributed by atoms with Gasteiger partial charge in [-0.15, -0.1) is 22.7 Å². The van der Waals surface area contributed by atoms with Crippen molar-refractivity contribution >= 4 is 38.6 Å². The van der Waals surface area contributed by atoms with Gasteiger partial charge in [0.05, 0.1) is 13.0 Å². The van der Waals surface area contributed by atoms with Crippen LogP contribution in [0.2, 0.25) is 0 Å². The van der Waals surface area contributed by atoms with Crippen LogP contribution in [0.3, 0.4) is 0 Å². The number of nitrogens with one attached hydrogen (secondary N) is 1. The van der Waals surface area contributed by atoms with E-state index < -0.39 is 10.0 Å². The zero-order valence-electron chi connectivity index (χ0n) is 9.83. The molecule has 0 aliphatic heterocycles. The molecular formula is C11H12N2O3S3. The van der Waals surface area contributed by atoms with E-state index in [0.717, 1.165) is 21.1 Å². The monoisotopic (exact) mass is 316 g/mol. The summed E-state index contributed by atoms with van der Waals surface area (Å²) in [6, 6.07) is 6.88. The van der Waals surface area contributed by atoms with Gasteiger partial charge in [-0.1, -0.05) is 6.07 Å². The Balaban J connectivity index is 1.89. The maximum absolute atomic E-state index is 11.6. The van der Waals surface area contributed by atoms with Crippen molar-refractivity contribution in [2.75, 3.05) is 0 Å². The fourth-order valence-electron chi connectivity index (χ4n) is 1.43. The summed E-state index contributed by atoms with van der Waals surface area (Å²) in [6.45, 7) is 0.310. The highest BCUT2D eigenvalue weighted by atomic mass is 32.2. The molecule has 102 valence electrons. The average molecular weight is 316 g/mol. The first-order valence-corrected chi connectivity index (χ1v) is 8.60. The minimum atomic E-state index is -3.65. The van der Waals surface area contributed by atoms with E-state index in [4.69, 9.17) is 5.14 Å². The van der Waals surface area contributed by atoms with Gasteiger partial charge in [0.1, 0.15) is 4.21 Å². The molecule has 19 heavy (non-hydrogen) atoms. The molecule has 2 heterocycles. The number of primary sulfonamides is 1. The fraction of sp³-hybridized carbons (Fsp3) is 0.182. The second-order valence-corrected chi connectivity index (χ2v) is 7.79. The van der Waals surface area contributed by atoms with E-state index in [9.17, 15) is 13.2 Å². The molecule has 1 amide bonds. The molecule has 0 aliphatic rings. The van der Waals surface area contributed by atoms with Crippen LogP contribution in [0.4, 0.5) is 0 Å². The maximum Gasteiger partial charge on any atom is 0.247 e. The third-order valence-corrected chi connectivity index (χ3v) is 5.69. The van der Waals surface area contributed by atoms with Crippen molar-refractivity contribution in [1.29, 1.82) is 0 Å². The van der Waals surface area contributed by atoms with Crippen LogP contribution in [0.25, 0.3) is 0 Å². The van der Waals surface area contributed by atoms with Gasteiger partial charge in [-0.25, -0.2) is 13.6 Å². The van der Waals surface area contributed by atoms with Crippen molar-refractivity contribution in [1.82, 2.24) is 5.32 Å². The Morgan fingerprint density at radius 2 is 2.05 bits per heavy atom. The molecule has 3 N–H and O–H groups in total. The molecular weight excluding hydrogens is 304 g/mol. The lowest BCUT2D eigenvalue weighted by atomic mass is 10.3. The van der Waals surface area contributed by atoms with Crippen molar-refractivity contribution in [3.8, 4) is 0 Å². The van der Waals surface area contributed by atoms with Crippen LogP contribution >= 0.6 is 22.7 Å². The average Bonchev–Trinajstić information content (AvgIpc) is 2.95. The molecule has 2 aromatic rings. The molecule has 0 spiro atoms. The van der Waals surface area contributed by atoms with Gasteiger partial charge in [-0.3, -0.25) is 4.79 Å². The Morgan fingerprint density at radius 1 is 1.26 bits per heavy atom. The lowest BCUT2D eigenvalue weighted by molar-refractivity contribution is -0.120. The molecule has 0 unspecified atom stereocenters. The Bertz CT molecular complexity index is 659. The molecule has 8 heteroatoms. The van der Waals surface area contributed by atoms with Gasteiger partial charge in [0.25, 0.3) is 0 Å². The minimum absolute atomic E-state index is 0.0898. The van der Waals surface area contributed by atoms with E-state index >= 15 is 0 Å². The smallest absolute Gasteiger partial charge is 0.247 e. The van der Waals surface area contributed by atoms with E-state index in [-0.39, 0.29) is 10.1 Å². The van der Waals surface area contributed by atoms with Crippen LogP contribution in [0.5, 0.6) is 0 Å². The second kappa shape index (κ2) is 5.83. The van der Waals surface area contributed by atoms with E-state index in [0.29, 0.717) is 13.0 Å². The van der Waals surface area contributed by atoms with Crippen molar-refractivity contribution in [2.45, 2.75) is 17.2 Å². The summed E-state index contributed by atoms with van der Waals surface area (Å²) in [4.78, 5) is 13.4. The van der Waals surface area contributed by atoms with Crippen molar-refractivity contribution in [2.24, 2.45) is 5.14 Å². The number of carbonyl (C=O) groups excluding carboxylic acids is 1. The van der Waals surface area contributed by atoms with E-state index in [1.807, 2.05) is 17.5 Å². The highest BCUT2D eigenvalue weighted by molar-refractivity contribution is 7.91. The molecule has 0 saturated carbocycles. The summed E-state index contributed by atoms with van der Waals surface area (Å²) in [5.41, 5.74) is 0. The van der Waals surface area contributed by atoms with Crippen LogP contribution in [-0.4, -0.2) is 14.3 Å². The first-order chi connectivity index (χ1) is 8.95. The number of rotatable bonds is 5. The number of hydrogen-bond acceptors (Lipinski definition) is 5. The largest absolute Gasteiger partial charge is 0.351 e. The first kappa shape index (κ1) is 14.2. The van der Waals surface area contributed by atoms with E-state index in [1.54, 1.807) is 6.07 Å². The summed E-state index contributed by atoms with van der Waals surface area (Å²) in [5, 5.41) is 9.67. The Morgan fingerprint density at radius 3 is 2.63 bits per heavy atom. The van der Waals surface area contributed by atoms with Crippen LogP contribution in [0.1, 0.15) is 9.75 Å². The topological polar surface area (TPSA) is 89.3 Å². The Hall–Kier alpha value is -1.22. The summed E-state index contributed by atoms with van der Waals surface area (Å²) in [6.07, 6.45) is 0.338. The van der Waals surface area contributed by atoms with Gasteiger partial charge in [0.15, 0.2) is 0 Å². The highest BCUT2D eigenvalue weighted by Gasteiger charge is 2.11. The first-order valence-electron chi connectivity index (χ1n) is 5.36. The van der Waals surface area contributed by atoms with Crippen LogP contribution in [-0.2, 0) is 27.8 Å². The molecule has 2 rings (SSSR count). The number of amides is 1. The van der Waals surface area contributed by atoms with Gasteiger partial charge in [0.2, 0.25) is 15.9 Å². The number of thiophene rings is 2. The maximum atomic E-state index is 11.6. The normalized spacial score (nSPS) is 11.4. The number of sulfonamides is 1. The SMILES string of the molecule is NS(=O)(=O)c1ccc(CNC(=O)Cc2cccs2)s1. The molecule has 0 aromatic carbocycles. The highest BCUT2D eigenvalue weighted by Crippen LogP contribution is 2.20. The lowest BCUT2D eigenvalue weighted by Crippen LogP contribution is -2.23. The summed E-state index contributed by atoms with van der Waals surface area (Å²) >= 11 is 2.59. The van der Waals surface area contributed by atoms with Gasteiger partial charge < -0.3 is 5.32 Å². The van der Waals surface area contributed by atoms with Gasteiger partial charge >= 0.3 is 0 Å². The third kappa shape index (κ3) is 4.13. The molecule has 0 bridgehead atoms. The van der Waals surface area contributed by atoms with Crippen LogP contribution < -0.4 is 10.5 Å². The van der Waals surface area contributed by atoms with Gasteiger partial charge in [0, 0.05) is 9.75 Å². The van der Waals surface area contributed by atoms with Gasteiger partial charge in [-0.05, 0) is 23.6 Å². The lowest BCUT2D eigenvalue weighted by Gasteiger charge is -2.01. The molecule has 2 aromatic heterocycles. The molecule has 0 aliphatic carbocycles. The number of carbonyl (C=O) groups is 1. The molecule has 0 fully saturated rings. The predicted octanol–water partition coefficient (Wildman–Crippen LogP) is 1.32. The number of nitrogens with two attached hydrogens (primary N) is 1. The summed E-state index contributed by atoms with van der Waals surface area (Å²) in [7, 11) is -3.65. The fourth-order valence-corrected chi connectivity index (χ4v) is 3.85. The molecule has 0 saturated heterocycles. The zero-order valence-corrected chi connectivity index (χ0v) is 12.3. The van der Waals surface area contributed by atoms with Crippen LogP contribution in [0.15, 0.2) is 33.9 Å². The summed E-state index contributed by atoms with van der Waals surface area (Å²) < 4.78 is 22.3. The Kier molecular flexibility index (Phi) is 4.35. The molecule has 0 radical (unpaired) electrons. The van der Waals surface area contributed by atoms with Gasteiger partial charge in [-0.2, -0.15) is 0 Å². The standard InChI is InChI=1S/C11H12N2O3S3/c12-19(15,16)11-4-3-9(18-11)7-13-10(14)6-8-2-1-5-17-8/h1-5H,6-7H2,(H,13,14)(H2,12,15,16). The van der Waals surface area contributed by atoms with E-state index in [1.165, 1.54) is 17.4 Å². The third-order valence-electron chi connectivity index (χ3n) is 2.29.